The molecule has 5 nitrogen and oxygen atoms in total. The quantitative estimate of drug-likeness (QED) is 0.709. The van der Waals surface area contributed by atoms with Gasteiger partial charge in [-0.15, -0.1) is 0 Å². The number of carbonyl (C=O) groups is 2. The van der Waals surface area contributed by atoms with Crippen molar-refractivity contribution in [1.29, 1.82) is 5.26 Å². The molecular weight excluding hydrogens is 352 g/mol. The van der Waals surface area contributed by atoms with Crippen molar-refractivity contribution in [1.82, 2.24) is 5.32 Å². The molecule has 0 aliphatic carbocycles. The Morgan fingerprint density at radius 3 is 1.96 bits per heavy atom. The second kappa shape index (κ2) is 9.70. The van der Waals surface area contributed by atoms with Crippen LogP contribution in [0.3, 0.4) is 0 Å². The van der Waals surface area contributed by atoms with Gasteiger partial charge in [0.15, 0.2) is 6.61 Å². The number of nitrogens with one attached hydrogen (secondary N) is 1. The van der Waals surface area contributed by atoms with Crippen molar-refractivity contribution < 1.29 is 14.3 Å². The summed E-state index contributed by atoms with van der Waals surface area (Å²) in [5, 5.41) is 11.9. The van der Waals surface area contributed by atoms with Crippen LogP contribution in [0, 0.1) is 17.2 Å². The van der Waals surface area contributed by atoms with Gasteiger partial charge >= 0.3 is 5.97 Å². The van der Waals surface area contributed by atoms with E-state index in [9.17, 15) is 14.9 Å². The summed E-state index contributed by atoms with van der Waals surface area (Å²) in [6, 6.07) is 21.6. The van der Waals surface area contributed by atoms with Crippen LogP contribution in [0.1, 0.15) is 44.2 Å². The third-order valence-corrected chi connectivity index (χ3v) is 4.92. The SMILES string of the molecule is CC(C)C(C)(C#N)NC(=O)COC(=O)CC(c1ccccc1)c1ccccc1. The molecule has 0 heterocycles. The molecule has 1 N–H and O–H groups in total. The van der Waals surface area contributed by atoms with Crippen molar-refractivity contribution in [2.75, 3.05) is 6.61 Å². The van der Waals surface area contributed by atoms with Crippen LogP contribution in [-0.2, 0) is 14.3 Å². The van der Waals surface area contributed by atoms with E-state index in [0.29, 0.717) is 0 Å². The number of ether oxygens (including phenoxy) is 1. The van der Waals surface area contributed by atoms with E-state index >= 15 is 0 Å². The van der Waals surface area contributed by atoms with E-state index in [4.69, 9.17) is 4.74 Å². The minimum absolute atomic E-state index is 0.0716. The fourth-order valence-corrected chi connectivity index (χ4v) is 2.80. The summed E-state index contributed by atoms with van der Waals surface area (Å²) in [4.78, 5) is 24.5. The number of rotatable bonds is 8. The lowest BCUT2D eigenvalue weighted by atomic mass is 9.88. The first kappa shape index (κ1) is 21.2. The first-order valence-corrected chi connectivity index (χ1v) is 9.33. The number of hydrogen-bond donors (Lipinski definition) is 1. The van der Waals surface area contributed by atoms with Crippen LogP contribution in [0.5, 0.6) is 0 Å². The molecule has 2 aromatic rings. The molecule has 1 amide bonds. The standard InChI is InChI=1S/C23H26N2O3/c1-17(2)23(3,16-24)25-21(26)15-28-22(27)14-20(18-10-6-4-7-11-18)19-12-8-5-9-13-19/h4-13,17,20H,14-15H2,1-3H3,(H,25,26). The summed E-state index contributed by atoms with van der Waals surface area (Å²) in [5.41, 5.74) is 1.01. The predicted molar refractivity (Wildman–Crippen MR) is 107 cm³/mol. The first-order chi connectivity index (χ1) is 13.4. The summed E-state index contributed by atoms with van der Waals surface area (Å²) in [6.45, 7) is 4.94. The highest BCUT2D eigenvalue weighted by molar-refractivity contribution is 5.81. The lowest BCUT2D eigenvalue weighted by Gasteiger charge is -2.27. The molecule has 2 rings (SSSR count). The van der Waals surface area contributed by atoms with E-state index in [1.165, 1.54) is 0 Å². The Labute approximate surface area is 166 Å². The molecule has 0 saturated heterocycles. The molecule has 0 bridgehead atoms. The van der Waals surface area contributed by atoms with Gasteiger partial charge in [0, 0.05) is 5.92 Å². The molecule has 0 radical (unpaired) electrons. The number of nitriles is 1. The zero-order valence-electron chi connectivity index (χ0n) is 16.5. The van der Waals surface area contributed by atoms with Gasteiger partial charge in [0.2, 0.25) is 0 Å². The lowest BCUT2D eigenvalue weighted by molar-refractivity contribution is -0.149. The fourth-order valence-electron chi connectivity index (χ4n) is 2.80. The second-order valence-corrected chi connectivity index (χ2v) is 7.26. The highest BCUT2D eigenvalue weighted by Gasteiger charge is 2.30. The molecule has 0 saturated carbocycles. The van der Waals surface area contributed by atoms with E-state index in [1.54, 1.807) is 6.92 Å². The maximum absolute atomic E-state index is 12.4. The van der Waals surface area contributed by atoms with E-state index < -0.39 is 24.0 Å². The van der Waals surface area contributed by atoms with E-state index in [0.717, 1.165) is 11.1 Å². The number of esters is 1. The molecule has 0 fully saturated rings. The molecule has 2 aromatic carbocycles. The van der Waals surface area contributed by atoms with Gasteiger partial charge in [-0.25, -0.2) is 0 Å². The number of carbonyl (C=O) groups excluding carboxylic acids is 2. The second-order valence-electron chi connectivity index (χ2n) is 7.26. The van der Waals surface area contributed by atoms with Gasteiger partial charge in [-0.05, 0) is 24.0 Å². The summed E-state index contributed by atoms with van der Waals surface area (Å²) >= 11 is 0. The van der Waals surface area contributed by atoms with Crippen molar-refractivity contribution in [3.05, 3.63) is 71.8 Å². The number of amides is 1. The molecule has 1 unspecified atom stereocenters. The first-order valence-electron chi connectivity index (χ1n) is 9.33. The highest BCUT2D eigenvalue weighted by Crippen LogP contribution is 2.28. The molecular formula is C23H26N2O3. The Morgan fingerprint density at radius 2 is 1.54 bits per heavy atom. The van der Waals surface area contributed by atoms with Gasteiger partial charge in [0.05, 0.1) is 12.5 Å². The average Bonchev–Trinajstić information content (AvgIpc) is 2.71. The Hall–Kier alpha value is -3.13. The van der Waals surface area contributed by atoms with Crippen LogP contribution in [0.15, 0.2) is 60.7 Å². The maximum atomic E-state index is 12.4. The largest absolute Gasteiger partial charge is 0.456 e. The molecule has 28 heavy (non-hydrogen) atoms. The van der Waals surface area contributed by atoms with Gasteiger partial charge < -0.3 is 10.1 Å². The molecule has 0 aliphatic heterocycles. The van der Waals surface area contributed by atoms with Crippen LogP contribution >= 0.6 is 0 Å². The summed E-state index contributed by atoms with van der Waals surface area (Å²) in [5.74, 6) is -1.17. The molecule has 5 heteroatoms. The predicted octanol–water partition coefficient (Wildman–Crippen LogP) is 3.81. The number of benzene rings is 2. The molecule has 0 aliphatic rings. The summed E-state index contributed by atoms with van der Waals surface area (Å²) < 4.78 is 5.19. The molecule has 1 atom stereocenters. The summed E-state index contributed by atoms with van der Waals surface area (Å²) in [7, 11) is 0. The van der Waals surface area contributed by atoms with Gasteiger partial charge in [0.1, 0.15) is 5.54 Å². The lowest BCUT2D eigenvalue weighted by Crippen LogP contribution is -2.50. The molecule has 0 aromatic heterocycles. The number of nitrogens with zero attached hydrogens (tertiary/aromatic N) is 1. The van der Waals surface area contributed by atoms with Crippen LogP contribution < -0.4 is 5.32 Å². The van der Waals surface area contributed by atoms with Crippen LogP contribution in [-0.4, -0.2) is 24.0 Å². The van der Waals surface area contributed by atoms with Crippen LogP contribution in [0.2, 0.25) is 0 Å². The van der Waals surface area contributed by atoms with E-state index in [1.807, 2.05) is 74.5 Å². The fraction of sp³-hybridized carbons (Fsp3) is 0.348. The third kappa shape index (κ3) is 5.68. The molecule has 146 valence electrons. The Bertz CT molecular complexity index is 788. The van der Waals surface area contributed by atoms with Crippen molar-refractivity contribution in [2.45, 2.75) is 38.6 Å². The Balaban J connectivity index is 2.01. The minimum Gasteiger partial charge on any atom is -0.456 e. The van der Waals surface area contributed by atoms with Gasteiger partial charge in [0.25, 0.3) is 5.91 Å². The highest BCUT2D eigenvalue weighted by atomic mass is 16.5. The zero-order chi connectivity index (χ0) is 20.6. The third-order valence-electron chi connectivity index (χ3n) is 4.92. The van der Waals surface area contributed by atoms with Crippen molar-refractivity contribution >= 4 is 11.9 Å². The smallest absolute Gasteiger partial charge is 0.307 e. The summed E-state index contributed by atoms with van der Waals surface area (Å²) in [6.07, 6.45) is 0.126. The van der Waals surface area contributed by atoms with E-state index in [-0.39, 0.29) is 18.3 Å². The van der Waals surface area contributed by atoms with Crippen LogP contribution in [0.25, 0.3) is 0 Å². The van der Waals surface area contributed by atoms with Crippen molar-refractivity contribution in [2.24, 2.45) is 5.92 Å². The topological polar surface area (TPSA) is 79.2 Å². The van der Waals surface area contributed by atoms with Crippen molar-refractivity contribution in [3.63, 3.8) is 0 Å². The maximum Gasteiger partial charge on any atom is 0.307 e. The van der Waals surface area contributed by atoms with Gasteiger partial charge in [-0.3, -0.25) is 9.59 Å². The number of hydrogen-bond acceptors (Lipinski definition) is 4. The minimum atomic E-state index is -1.000. The Morgan fingerprint density at radius 1 is 1.04 bits per heavy atom. The van der Waals surface area contributed by atoms with Gasteiger partial charge in [-0.1, -0.05) is 74.5 Å². The Kier molecular flexibility index (Phi) is 7.34. The zero-order valence-corrected chi connectivity index (χ0v) is 16.5. The van der Waals surface area contributed by atoms with Gasteiger partial charge in [-0.2, -0.15) is 5.26 Å². The van der Waals surface area contributed by atoms with Crippen LogP contribution in [0.4, 0.5) is 0 Å². The van der Waals surface area contributed by atoms with E-state index in [2.05, 4.69) is 11.4 Å². The normalized spacial score (nSPS) is 12.9. The average molecular weight is 378 g/mol. The monoisotopic (exact) mass is 378 g/mol. The van der Waals surface area contributed by atoms with Crippen molar-refractivity contribution in [3.8, 4) is 6.07 Å². The molecule has 0 spiro atoms.